The van der Waals surface area contributed by atoms with Crippen LogP contribution in [0.4, 0.5) is 5.82 Å². The van der Waals surface area contributed by atoms with Gasteiger partial charge in [-0.3, -0.25) is 4.98 Å². The highest BCUT2D eigenvalue weighted by Crippen LogP contribution is 2.26. The van der Waals surface area contributed by atoms with Crippen molar-refractivity contribution in [3.63, 3.8) is 0 Å². The Hall–Kier alpha value is -2.53. The second-order valence-electron chi connectivity index (χ2n) is 7.40. The topological polar surface area (TPSA) is 62.1 Å². The minimum atomic E-state index is -0.380. The van der Waals surface area contributed by atoms with E-state index in [-0.39, 0.29) is 12.0 Å². The molecule has 134 valence electrons. The Labute approximate surface area is 153 Å². The first kappa shape index (κ1) is 16.9. The summed E-state index contributed by atoms with van der Waals surface area (Å²) in [4.78, 5) is 6.86. The molecule has 0 bridgehead atoms. The molecule has 0 saturated carbocycles. The SMILES string of the molecule is CC(C)c1ccc(N2C[C@@H](Cc3ccc4ccccc4n3)[C@H](O)C2)nn1. The van der Waals surface area contributed by atoms with Gasteiger partial charge in [-0.25, -0.2) is 0 Å². The number of aromatic nitrogens is 3. The summed E-state index contributed by atoms with van der Waals surface area (Å²) < 4.78 is 0. The molecule has 2 aromatic heterocycles. The fourth-order valence-corrected chi connectivity index (χ4v) is 3.54. The van der Waals surface area contributed by atoms with E-state index >= 15 is 0 Å². The number of rotatable bonds is 4. The number of pyridine rings is 1. The van der Waals surface area contributed by atoms with Gasteiger partial charge in [-0.2, -0.15) is 5.10 Å². The smallest absolute Gasteiger partial charge is 0.151 e. The molecule has 1 fully saturated rings. The van der Waals surface area contributed by atoms with Crippen LogP contribution >= 0.6 is 0 Å². The number of benzene rings is 1. The Morgan fingerprint density at radius 1 is 1.04 bits per heavy atom. The van der Waals surface area contributed by atoms with Crippen LogP contribution in [0.5, 0.6) is 0 Å². The van der Waals surface area contributed by atoms with E-state index in [4.69, 9.17) is 4.98 Å². The second-order valence-corrected chi connectivity index (χ2v) is 7.40. The molecule has 3 aromatic rings. The third kappa shape index (κ3) is 3.40. The Bertz CT molecular complexity index is 894. The van der Waals surface area contributed by atoms with Crippen LogP contribution in [-0.4, -0.2) is 39.5 Å². The van der Waals surface area contributed by atoms with Crippen molar-refractivity contribution in [2.24, 2.45) is 5.92 Å². The minimum absolute atomic E-state index is 0.148. The van der Waals surface area contributed by atoms with Crippen molar-refractivity contribution in [2.75, 3.05) is 18.0 Å². The maximum atomic E-state index is 10.5. The zero-order chi connectivity index (χ0) is 18.1. The Balaban J connectivity index is 1.47. The van der Waals surface area contributed by atoms with Crippen molar-refractivity contribution in [2.45, 2.75) is 32.3 Å². The van der Waals surface area contributed by atoms with Crippen LogP contribution in [0.2, 0.25) is 0 Å². The van der Waals surface area contributed by atoms with Gasteiger partial charge in [0.05, 0.1) is 17.3 Å². The third-order valence-electron chi connectivity index (χ3n) is 5.12. The molecule has 26 heavy (non-hydrogen) atoms. The van der Waals surface area contributed by atoms with Gasteiger partial charge in [0.2, 0.25) is 0 Å². The summed E-state index contributed by atoms with van der Waals surface area (Å²) >= 11 is 0. The van der Waals surface area contributed by atoms with Crippen LogP contribution < -0.4 is 4.90 Å². The summed E-state index contributed by atoms with van der Waals surface area (Å²) in [5.74, 6) is 1.35. The molecule has 3 heterocycles. The van der Waals surface area contributed by atoms with Gasteiger partial charge in [0.15, 0.2) is 5.82 Å². The molecule has 0 amide bonds. The molecule has 0 aliphatic carbocycles. The summed E-state index contributed by atoms with van der Waals surface area (Å²) in [6.07, 6.45) is 0.384. The Morgan fingerprint density at radius 3 is 2.65 bits per heavy atom. The molecular weight excluding hydrogens is 324 g/mol. The molecular formula is C21H24N4O. The highest BCUT2D eigenvalue weighted by molar-refractivity contribution is 5.78. The van der Waals surface area contributed by atoms with Crippen LogP contribution in [0.15, 0.2) is 48.5 Å². The monoisotopic (exact) mass is 348 g/mol. The summed E-state index contributed by atoms with van der Waals surface area (Å²) in [5.41, 5.74) is 3.02. The lowest BCUT2D eigenvalue weighted by Crippen LogP contribution is -2.22. The lowest BCUT2D eigenvalue weighted by Gasteiger charge is -2.17. The van der Waals surface area contributed by atoms with E-state index in [1.807, 2.05) is 30.3 Å². The standard InChI is InChI=1S/C21H24N4O/c1-14(2)18-9-10-21(24-23-18)25-12-16(20(26)13-25)11-17-8-7-15-5-3-4-6-19(15)22-17/h3-10,14,16,20,26H,11-13H2,1-2H3/t16-,20-/m1/s1. The third-order valence-corrected chi connectivity index (χ3v) is 5.12. The number of β-amino-alcohol motifs (C(OH)–C–C–N with tert-alkyl or cyclic N) is 1. The summed E-state index contributed by atoms with van der Waals surface area (Å²) in [6.45, 7) is 5.57. The van der Waals surface area contributed by atoms with E-state index in [1.165, 1.54) is 0 Å². The number of aliphatic hydroxyl groups is 1. The fraction of sp³-hybridized carbons (Fsp3) is 0.381. The zero-order valence-corrected chi connectivity index (χ0v) is 15.2. The summed E-state index contributed by atoms with van der Waals surface area (Å²) in [6, 6.07) is 16.3. The fourth-order valence-electron chi connectivity index (χ4n) is 3.54. The Morgan fingerprint density at radius 2 is 1.88 bits per heavy atom. The first-order chi connectivity index (χ1) is 12.6. The summed E-state index contributed by atoms with van der Waals surface area (Å²) in [7, 11) is 0. The molecule has 1 aromatic carbocycles. The van der Waals surface area contributed by atoms with Crippen LogP contribution in [0.3, 0.4) is 0 Å². The quantitative estimate of drug-likeness (QED) is 0.784. The zero-order valence-electron chi connectivity index (χ0n) is 15.2. The molecule has 1 aliphatic rings. The molecule has 0 unspecified atom stereocenters. The average Bonchev–Trinajstić information content (AvgIpc) is 3.02. The molecule has 1 N–H and O–H groups in total. The number of nitrogens with zero attached hydrogens (tertiary/aromatic N) is 4. The van der Waals surface area contributed by atoms with E-state index in [9.17, 15) is 5.11 Å². The molecule has 1 aliphatic heterocycles. The van der Waals surface area contributed by atoms with Crippen molar-refractivity contribution in [1.82, 2.24) is 15.2 Å². The van der Waals surface area contributed by atoms with E-state index in [0.717, 1.165) is 41.1 Å². The maximum Gasteiger partial charge on any atom is 0.151 e. The van der Waals surface area contributed by atoms with Crippen molar-refractivity contribution in [1.29, 1.82) is 0 Å². The van der Waals surface area contributed by atoms with Crippen molar-refractivity contribution >= 4 is 16.7 Å². The van der Waals surface area contributed by atoms with Gasteiger partial charge in [-0.05, 0) is 36.6 Å². The number of hydrogen-bond donors (Lipinski definition) is 1. The predicted octanol–water partition coefficient (Wildman–Crippen LogP) is 3.19. The van der Waals surface area contributed by atoms with Crippen molar-refractivity contribution < 1.29 is 5.11 Å². The number of hydrogen-bond acceptors (Lipinski definition) is 5. The van der Waals surface area contributed by atoms with Crippen LogP contribution in [0.1, 0.15) is 31.2 Å². The molecule has 0 spiro atoms. The van der Waals surface area contributed by atoms with Crippen molar-refractivity contribution in [3.05, 3.63) is 59.9 Å². The van der Waals surface area contributed by atoms with E-state index in [1.54, 1.807) is 0 Å². The molecule has 5 nitrogen and oxygen atoms in total. The number of fused-ring (bicyclic) bond motifs is 1. The lowest BCUT2D eigenvalue weighted by molar-refractivity contribution is 0.148. The van der Waals surface area contributed by atoms with Crippen LogP contribution in [0, 0.1) is 5.92 Å². The number of para-hydroxylation sites is 1. The van der Waals surface area contributed by atoms with Gasteiger partial charge < -0.3 is 10.0 Å². The maximum absolute atomic E-state index is 10.5. The van der Waals surface area contributed by atoms with E-state index in [0.29, 0.717) is 12.5 Å². The van der Waals surface area contributed by atoms with Gasteiger partial charge in [0.1, 0.15) is 0 Å². The van der Waals surface area contributed by atoms with Crippen LogP contribution in [-0.2, 0) is 6.42 Å². The van der Waals surface area contributed by atoms with Gasteiger partial charge in [0, 0.05) is 30.1 Å². The van der Waals surface area contributed by atoms with Gasteiger partial charge in [-0.15, -0.1) is 5.10 Å². The molecule has 2 atom stereocenters. The predicted molar refractivity (Wildman–Crippen MR) is 103 cm³/mol. The minimum Gasteiger partial charge on any atom is -0.391 e. The molecule has 0 radical (unpaired) electrons. The van der Waals surface area contributed by atoms with Gasteiger partial charge in [-0.1, -0.05) is 38.1 Å². The van der Waals surface area contributed by atoms with E-state index < -0.39 is 0 Å². The first-order valence-electron chi connectivity index (χ1n) is 9.21. The highest BCUT2D eigenvalue weighted by atomic mass is 16.3. The average molecular weight is 348 g/mol. The largest absolute Gasteiger partial charge is 0.391 e. The highest BCUT2D eigenvalue weighted by Gasteiger charge is 2.32. The first-order valence-corrected chi connectivity index (χ1v) is 9.21. The van der Waals surface area contributed by atoms with Gasteiger partial charge in [0.25, 0.3) is 0 Å². The second kappa shape index (κ2) is 7.00. The molecule has 4 rings (SSSR count). The van der Waals surface area contributed by atoms with Crippen LogP contribution in [0.25, 0.3) is 10.9 Å². The molecule has 1 saturated heterocycles. The Kier molecular flexibility index (Phi) is 4.55. The normalized spacial score (nSPS) is 20.2. The lowest BCUT2D eigenvalue weighted by atomic mass is 9.99. The van der Waals surface area contributed by atoms with Crippen molar-refractivity contribution in [3.8, 4) is 0 Å². The summed E-state index contributed by atoms with van der Waals surface area (Å²) in [5, 5.41) is 20.3. The van der Waals surface area contributed by atoms with E-state index in [2.05, 4.69) is 47.1 Å². The number of anilines is 1. The van der Waals surface area contributed by atoms with Gasteiger partial charge >= 0.3 is 0 Å². The number of aliphatic hydroxyl groups excluding tert-OH is 1. The molecule has 5 heteroatoms.